The molecule has 5 nitrogen and oxygen atoms in total. The smallest absolute Gasteiger partial charge is 0.237 e. The van der Waals surface area contributed by atoms with Gasteiger partial charge in [0.05, 0.1) is 20.3 Å². The Labute approximate surface area is 119 Å². The molecular formula is C15H22N2O3. The van der Waals surface area contributed by atoms with Crippen molar-refractivity contribution in [3.05, 3.63) is 23.8 Å². The molecule has 0 aliphatic carbocycles. The summed E-state index contributed by atoms with van der Waals surface area (Å²) in [4.78, 5) is 11.9. The Morgan fingerprint density at radius 1 is 1.30 bits per heavy atom. The summed E-state index contributed by atoms with van der Waals surface area (Å²) in [5.74, 6) is 1.62. The molecule has 1 heterocycles. The van der Waals surface area contributed by atoms with E-state index in [1.165, 1.54) is 0 Å². The van der Waals surface area contributed by atoms with E-state index in [1.807, 2.05) is 18.2 Å². The van der Waals surface area contributed by atoms with E-state index in [0.29, 0.717) is 6.54 Å². The third kappa shape index (κ3) is 3.63. The molecular weight excluding hydrogens is 256 g/mol. The van der Waals surface area contributed by atoms with Gasteiger partial charge >= 0.3 is 0 Å². The zero-order valence-corrected chi connectivity index (χ0v) is 12.1. The van der Waals surface area contributed by atoms with Crippen LogP contribution >= 0.6 is 0 Å². The Bertz CT molecular complexity index is 462. The van der Waals surface area contributed by atoms with Crippen molar-refractivity contribution in [2.24, 2.45) is 0 Å². The molecule has 1 atom stereocenters. The first kappa shape index (κ1) is 14.7. The van der Waals surface area contributed by atoms with Crippen LogP contribution < -0.4 is 20.1 Å². The quantitative estimate of drug-likeness (QED) is 0.856. The molecule has 1 aliphatic rings. The molecule has 0 saturated carbocycles. The highest BCUT2D eigenvalue weighted by molar-refractivity contribution is 5.81. The Morgan fingerprint density at radius 2 is 2.15 bits per heavy atom. The summed E-state index contributed by atoms with van der Waals surface area (Å²) in [7, 11) is 3.26. The molecule has 2 N–H and O–H groups in total. The van der Waals surface area contributed by atoms with Gasteiger partial charge in [0.25, 0.3) is 0 Å². The molecule has 5 heteroatoms. The zero-order valence-electron chi connectivity index (χ0n) is 12.1. The van der Waals surface area contributed by atoms with Gasteiger partial charge in [-0.15, -0.1) is 0 Å². The van der Waals surface area contributed by atoms with E-state index in [1.54, 1.807) is 14.2 Å². The van der Waals surface area contributed by atoms with E-state index in [-0.39, 0.29) is 11.9 Å². The number of benzene rings is 1. The molecule has 1 amide bonds. The number of carbonyl (C=O) groups excluding carboxylic acids is 1. The lowest BCUT2D eigenvalue weighted by Crippen LogP contribution is -2.42. The van der Waals surface area contributed by atoms with E-state index in [4.69, 9.17) is 9.47 Å². The minimum absolute atomic E-state index is 0.0926. The minimum Gasteiger partial charge on any atom is -0.497 e. The van der Waals surface area contributed by atoms with Gasteiger partial charge < -0.3 is 20.1 Å². The maximum Gasteiger partial charge on any atom is 0.237 e. The van der Waals surface area contributed by atoms with Crippen molar-refractivity contribution in [1.29, 1.82) is 0 Å². The summed E-state index contributed by atoms with van der Waals surface area (Å²) < 4.78 is 10.5. The number of methoxy groups -OCH3 is 2. The highest BCUT2D eigenvalue weighted by Crippen LogP contribution is 2.24. The molecule has 0 aromatic heterocycles. The Balaban J connectivity index is 2.00. The molecule has 1 fully saturated rings. The van der Waals surface area contributed by atoms with Gasteiger partial charge in [0.15, 0.2) is 0 Å². The lowest BCUT2D eigenvalue weighted by Gasteiger charge is -2.17. The molecule has 110 valence electrons. The summed E-state index contributed by atoms with van der Waals surface area (Å²) in [6.07, 6.45) is 3.00. The van der Waals surface area contributed by atoms with Crippen molar-refractivity contribution < 1.29 is 14.3 Å². The van der Waals surface area contributed by atoms with Gasteiger partial charge in [0, 0.05) is 24.7 Å². The van der Waals surface area contributed by atoms with Gasteiger partial charge in [-0.3, -0.25) is 4.79 Å². The first-order valence-electron chi connectivity index (χ1n) is 6.96. The molecule has 20 heavy (non-hydrogen) atoms. The number of nitrogens with one attached hydrogen (secondary N) is 2. The largest absolute Gasteiger partial charge is 0.497 e. The second kappa shape index (κ2) is 7.14. The number of hydrogen-bond donors (Lipinski definition) is 2. The Hall–Kier alpha value is -1.75. The van der Waals surface area contributed by atoms with Gasteiger partial charge in [-0.2, -0.15) is 0 Å². The van der Waals surface area contributed by atoms with E-state index in [9.17, 15) is 4.79 Å². The molecule has 1 saturated heterocycles. The van der Waals surface area contributed by atoms with Crippen molar-refractivity contribution in [2.45, 2.75) is 31.8 Å². The van der Waals surface area contributed by atoms with Gasteiger partial charge in [0.1, 0.15) is 11.5 Å². The van der Waals surface area contributed by atoms with Gasteiger partial charge in [-0.25, -0.2) is 0 Å². The number of carbonyl (C=O) groups is 1. The van der Waals surface area contributed by atoms with Crippen LogP contribution in [-0.2, 0) is 11.3 Å². The second-order valence-corrected chi connectivity index (χ2v) is 4.90. The SMILES string of the molecule is COc1ccc(CN[C@@H]2CCCCNC2=O)c(OC)c1. The Kier molecular flexibility index (Phi) is 5.24. The van der Waals surface area contributed by atoms with Crippen LogP contribution in [0.15, 0.2) is 18.2 Å². The van der Waals surface area contributed by atoms with Crippen LogP contribution in [0.25, 0.3) is 0 Å². The van der Waals surface area contributed by atoms with E-state index >= 15 is 0 Å². The molecule has 1 aromatic carbocycles. The monoisotopic (exact) mass is 278 g/mol. The molecule has 1 aliphatic heterocycles. The maximum absolute atomic E-state index is 11.9. The van der Waals surface area contributed by atoms with Crippen LogP contribution in [0.2, 0.25) is 0 Å². The fraction of sp³-hybridized carbons (Fsp3) is 0.533. The highest BCUT2D eigenvalue weighted by Gasteiger charge is 2.20. The third-order valence-corrected chi connectivity index (χ3v) is 3.57. The van der Waals surface area contributed by atoms with Crippen molar-refractivity contribution in [3.8, 4) is 11.5 Å². The number of hydrogen-bond acceptors (Lipinski definition) is 4. The summed E-state index contributed by atoms with van der Waals surface area (Å²) >= 11 is 0. The number of amides is 1. The van der Waals surface area contributed by atoms with Crippen LogP contribution in [0.3, 0.4) is 0 Å². The minimum atomic E-state index is -0.121. The van der Waals surface area contributed by atoms with Crippen LogP contribution in [0.5, 0.6) is 11.5 Å². The third-order valence-electron chi connectivity index (χ3n) is 3.57. The van der Waals surface area contributed by atoms with Crippen LogP contribution in [-0.4, -0.2) is 32.7 Å². The predicted octanol–water partition coefficient (Wildman–Crippen LogP) is 1.46. The summed E-state index contributed by atoms with van der Waals surface area (Å²) in [5, 5.41) is 6.23. The van der Waals surface area contributed by atoms with Crippen LogP contribution in [0, 0.1) is 0 Å². The van der Waals surface area contributed by atoms with Crippen molar-refractivity contribution in [3.63, 3.8) is 0 Å². The number of ether oxygens (including phenoxy) is 2. The highest BCUT2D eigenvalue weighted by atomic mass is 16.5. The summed E-state index contributed by atoms with van der Waals surface area (Å²) in [5.41, 5.74) is 1.02. The normalized spacial score (nSPS) is 19.1. The lowest BCUT2D eigenvalue weighted by molar-refractivity contribution is -0.122. The Morgan fingerprint density at radius 3 is 2.90 bits per heavy atom. The van der Waals surface area contributed by atoms with Gasteiger partial charge in [0.2, 0.25) is 5.91 Å². The van der Waals surface area contributed by atoms with Crippen molar-refractivity contribution in [1.82, 2.24) is 10.6 Å². The van der Waals surface area contributed by atoms with E-state index in [0.717, 1.165) is 42.9 Å². The fourth-order valence-corrected chi connectivity index (χ4v) is 2.37. The number of rotatable bonds is 5. The summed E-state index contributed by atoms with van der Waals surface area (Å²) in [6, 6.07) is 5.58. The average Bonchev–Trinajstić information content (AvgIpc) is 2.69. The van der Waals surface area contributed by atoms with Gasteiger partial charge in [-0.1, -0.05) is 6.07 Å². The average molecular weight is 278 g/mol. The van der Waals surface area contributed by atoms with Crippen molar-refractivity contribution in [2.75, 3.05) is 20.8 Å². The summed E-state index contributed by atoms with van der Waals surface area (Å²) in [6.45, 7) is 1.38. The molecule has 0 spiro atoms. The van der Waals surface area contributed by atoms with Crippen molar-refractivity contribution >= 4 is 5.91 Å². The maximum atomic E-state index is 11.9. The lowest BCUT2D eigenvalue weighted by atomic mass is 10.1. The first-order chi connectivity index (χ1) is 9.74. The second-order valence-electron chi connectivity index (χ2n) is 4.90. The molecule has 0 bridgehead atoms. The van der Waals surface area contributed by atoms with Crippen LogP contribution in [0.4, 0.5) is 0 Å². The van der Waals surface area contributed by atoms with Gasteiger partial charge in [-0.05, 0) is 25.3 Å². The van der Waals surface area contributed by atoms with Crippen LogP contribution in [0.1, 0.15) is 24.8 Å². The fourth-order valence-electron chi connectivity index (χ4n) is 2.37. The van der Waals surface area contributed by atoms with E-state index < -0.39 is 0 Å². The van der Waals surface area contributed by atoms with E-state index in [2.05, 4.69) is 10.6 Å². The molecule has 1 aromatic rings. The molecule has 0 radical (unpaired) electrons. The topological polar surface area (TPSA) is 59.6 Å². The predicted molar refractivity (Wildman–Crippen MR) is 77.0 cm³/mol. The first-order valence-corrected chi connectivity index (χ1v) is 6.96. The zero-order chi connectivity index (χ0) is 14.4. The molecule has 0 unspecified atom stereocenters. The standard InChI is InChI=1S/C15H22N2O3/c1-19-12-7-6-11(14(9-12)20-2)10-17-13-5-3-4-8-16-15(13)18/h6-7,9,13,17H,3-5,8,10H2,1-2H3,(H,16,18)/t13-/m1/s1. The molecule has 2 rings (SSSR count).